The molecule has 0 aliphatic rings. The van der Waals surface area contributed by atoms with Gasteiger partial charge in [-0.1, -0.05) is 0 Å². The van der Waals surface area contributed by atoms with Crippen LogP contribution >= 0.6 is 23.1 Å². The van der Waals surface area contributed by atoms with Crippen LogP contribution in [0.1, 0.15) is 6.42 Å². The Morgan fingerprint density at radius 2 is 2.00 bits per heavy atom. The van der Waals surface area contributed by atoms with Crippen LogP contribution in [-0.4, -0.2) is 22.3 Å². The summed E-state index contributed by atoms with van der Waals surface area (Å²) in [7, 11) is 0. The summed E-state index contributed by atoms with van der Waals surface area (Å²) in [6.45, 7) is 0.608. The van der Waals surface area contributed by atoms with Crippen LogP contribution < -0.4 is 4.74 Å². The average molecular weight is 320 g/mol. The largest absolute Gasteiger partial charge is 0.494 e. The molecule has 3 aromatic rings. The molecule has 0 unspecified atom stereocenters. The lowest BCUT2D eigenvalue weighted by Crippen LogP contribution is -1.99. The first-order valence-corrected chi connectivity index (χ1v) is 8.39. The van der Waals surface area contributed by atoms with Gasteiger partial charge in [-0.05, 0) is 42.1 Å². The molecule has 108 valence electrons. The van der Waals surface area contributed by atoms with Crippen molar-refractivity contribution in [3.05, 3.63) is 47.9 Å². The number of halogens is 1. The van der Waals surface area contributed by atoms with Crippen molar-refractivity contribution in [2.75, 3.05) is 12.4 Å². The summed E-state index contributed by atoms with van der Waals surface area (Å²) < 4.78 is 19.5. The van der Waals surface area contributed by atoms with Gasteiger partial charge in [-0.25, -0.2) is 14.4 Å². The molecule has 21 heavy (non-hydrogen) atoms. The summed E-state index contributed by atoms with van der Waals surface area (Å²) in [6.07, 6.45) is 2.51. The van der Waals surface area contributed by atoms with Gasteiger partial charge in [0.2, 0.25) is 0 Å². The van der Waals surface area contributed by atoms with Crippen molar-refractivity contribution >= 4 is 33.3 Å². The van der Waals surface area contributed by atoms with E-state index < -0.39 is 0 Å². The van der Waals surface area contributed by atoms with Gasteiger partial charge in [-0.3, -0.25) is 0 Å². The smallest absolute Gasteiger partial charge is 0.123 e. The first-order chi connectivity index (χ1) is 10.3. The Morgan fingerprint density at radius 1 is 1.14 bits per heavy atom. The molecule has 1 aromatic carbocycles. The minimum Gasteiger partial charge on any atom is -0.494 e. The third-order valence-electron chi connectivity index (χ3n) is 2.82. The van der Waals surface area contributed by atoms with Crippen molar-refractivity contribution in [1.29, 1.82) is 0 Å². The molecule has 0 aliphatic carbocycles. The maximum absolute atomic E-state index is 12.7. The molecule has 0 saturated heterocycles. The van der Waals surface area contributed by atoms with Crippen LogP contribution in [0.15, 0.2) is 47.1 Å². The van der Waals surface area contributed by atoms with E-state index in [1.54, 1.807) is 41.6 Å². The van der Waals surface area contributed by atoms with E-state index in [0.717, 1.165) is 27.4 Å². The van der Waals surface area contributed by atoms with Crippen molar-refractivity contribution in [3.63, 3.8) is 0 Å². The number of benzene rings is 1. The van der Waals surface area contributed by atoms with E-state index in [1.165, 1.54) is 12.1 Å². The van der Waals surface area contributed by atoms with Crippen molar-refractivity contribution in [2.45, 2.75) is 11.4 Å². The highest BCUT2D eigenvalue weighted by molar-refractivity contribution is 7.99. The topological polar surface area (TPSA) is 35.0 Å². The number of rotatable bonds is 6. The Hall–Kier alpha value is -1.66. The lowest BCUT2D eigenvalue weighted by atomic mass is 10.3. The van der Waals surface area contributed by atoms with Gasteiger partial charge in [0.25, 0.3) is 0 Å². The number of nitrogens with zero attached hydrogens (tertiary/aromatic N) is 2. The second-order valence-corrected chi connectivity index (χ2v) is 6.32. The molecular weight excluding hydrogens is 307 g/mol. The van der Waals surface area contributed by atoms with E-state index in [4.69, 9.17) is 4.74 Å². The molecule has 3 rings (SSSR count). The number of fused-ring (bicyclic) bond motifs is 1. The summed E-state index contributed by atoms with van der Waals surface area (Å²) in [5.41, 5.74) is 1.00. The Bertz CT molecular complexity index is 715. The van der Waals surface area contributed by atoms with E-state index in [9.17, 15) is 4.39 Å². The Kier molecular flexibility index (Phi) is 4.67. The maximum Gasteiger partial charge on any atom is 0.123 e. The Morgan fingerprint density at radius 3 is 2.86 bits per heavy atom. The highest BCUT2D eigenvalue weighted by atomic mass is 32.2. The quantitative estimate of drug-likeness (QED) is 0.383. The zero-order valence-electron chi connectivity index (χ0n) is 11.2. The van der Waals surface area contributed by atoms with Crippen LogP contribution in [-0.2, 0) is 0 Å². The number of thiophene rings is 1. The fourth-order valence-electron chi connectivity index (χ4n) is 1.82. The zero-order valence-corrected chi connectivity index (χ0v) is 12.8. The fourth-order valence-corrected chi connectivity index (χ4v) is 3.68. The minimum atomic E-state index is -0.248. The molecule has 6 heteroatoms. The third kappa shape index (κ3) is 3.71. The van der Waals surface area contributed by atoms with E-state index >= 15 is 0 Å². The van der Waals surface area contributed by atoms with Crippen molar-refractivity contribution in [1.82, 2.24) is 9.97 Å². The van der Waals surface area contributed by atoms with Gasteiger partial charge in [0.05, 0.1) is 16.8 Å². The molecule has 0 bridgehead atoms. The molecule has 0 saturated carbocycles. The zero-order chi connectivity index (χ0) is 14.5. The van der Waals surface area contributed by atoms with Crippen LogP contribution in [0.25, 0.3) is 10.2 Å². The van der Waals surface area contributed by atoms with Crippen molar-refractivity contribution in [3.8, 4) is 5.75 Å². The SMILES string of the molecule is Fc1ccc(OCCCSc2ncnc3ccsc23)cc1. The highest BCUT2D eigenvalue weighted by Crippen LogP contribution is 2.28. The van der Waals surface area contributed by atoms with Gasteiger partial charge in [0.1, 0.15) is 22.9 Å². The third-order valence-corrected chi connectivity index (χ3v) is 4.94. The minimum absolute atomic E-state index is 0.248. The molecular formula is C15H13FN2OS2. The lowest BCUT2D eigenvalue weighted by Gasteiger charge is -2.06. The number of ether oxygens (including phenoxy) is 1. The van der Waals surface area contributed by atoms with Crippen LogP contribution in [0.2, 0.25) is 0 Å². The second-order valence-electron chi connectivity index (χ2n) is 4.32. The van der Waals surface area contributed by atoms with Crippen LogP contribution in [0.5, 0.6) is 5.75 Å². The van der Waals surface area contributed by atoms with E-state index in [1.807, 2.05) is 11.4 Å². The summed E-state index contributed by atoms with van der Waals surface area (Å²) in [4.78, 5) is 8.55. The normalized spacial score (nSPS) is 10.9. The summed E-state index contributed by atoms with van der Waals surface area (Å²) in [6, 6.07) is 8.09. The molecule has 0 radical (unpaired) electrons. The highest BCUT2D eigenvalue weighted by Gasteiger charge is 2.05. The molecule has 0 fully saturated rings. The van der Waals surface area contributed by atoms with E-state index in [2.05, 4.69) is 9.97 Å². The van der Waals surface area contributed by atoms with Gasteiger partial charge in [0.15, 0.2) is 0 Å². The molecule has 0 aliphatic heterocycles. The second kappa shape index (κ2) is 6.87. The van der Waals surface area contributed by atoms with Gasteiger partial charge in [-0.15, -0.1) is 23.1 Å². The molecule has 0 spiro atoms. The molecule has 0 atom stereocenters. The number of hydrogen-bond acceptors (Lipinski definition) is 5. The van der Waals surface area contributed by atoms with Gasteiger partial charge >= 0.3 is 0 Å². The van der Waals surface area contributed by atoms with Crippen LogP contribution in [0.4, 0.5) is 4.39 Å². The first-order valence-electron chi connectivity index (χ1n) is 6.52. The van der Waals surface area contributed by atoms with E-state index in [-0.39, 0.29) is 5.82 Å². The molecule has 2 heterocycles. The van der Waals surface area contributed by atoms with Gasteiger partial charge < -0.3 is 4.74 Å². The molecule has 0 N–H and O–H groups in total. The lowest BCUT2D eigenvalue weighted by molar-refractivity contribution is 0.318. The Balaban J connectivity index is 1.46. The van der Waals surface area contributed by atoms with Crippen molar-refractivity contribution < 1.29 is 9.13 Å². The predicted octanol–water partition coefficient (Wildman–Crippen LogP) is 4.39. The van der Waals surface area contributed by atoms with Gasteiger partial charge in [0, 0.05) is 5.75 Å². The maximum atomic E-state index is 12.7. The van der Waals surface area contributed by atoms with E-state index in [0.29, 0.717) is 12.4 Å². The summed E-state index contributed by atoms with van der Waals surface area (Å²) in [5, 5.41) is 3.05. The standard InChI is InChI=1S/C15H13FN2OS2/c16-11-2-4-12(5-3-11)19-7-1-8-21-15-14-13(6-9-20-14)17-10-18-15/h2-6,9-10H,1,7-8H2. The number of aromatic nitrogens is 2. The van der Waals surface area contributed by atoms with Crippen molar-refractivity contribution in [2.24, 2.45) is 0 Å². The number of thioether (sulfide) groups is 1. The van der Waals surface area contributed by atoms with Crippen LogP contribution in [0.3, 0.4) is 0 Å². The molecule has 0 amide bonds. The van der Waals surface area contributed by atoms with Gasteiger partial charge in [-0.2, -0.15) is 0 Å². The first kappa shape index (κ1) is 14.3. The average Bonchev–Trinajstić information content (AvgIpc) is 2.98. The Labute approximate surface area is 130 Å². The molecule has 3 nitrogen and oxygen atoms in total. The summed E-state index contributed by atoms with van der Waals surface area (Å²) in [5.74, 6) is 1.37. The number of hydrogen-bond donors (Lipinski definition) is 0. The molecule has 2 aromatic heterocycles. The predicted molar refractivity (Wildman–Crippen MR) is 84.7 cm³/mol. The summed E-state index contributed by atoms with van der Waals surface area (Å²) >= 11 is 3.37. The van der Waals surface area contributed by atoms with Crippen LogP contribution in [0, 0.1) is 5.82 Å². The fraction of sp³-hybridized carbons (Fsp3) is 0.200. The monoisotopic (exact) mass is 320 g/mol.